The molecular formula is C18H24N4O2. The molecule has 1 unspecified atom stereocenters. The fraction of sp³-hybridized carbons (Fsp3) is 0.444. The van der Waals surface area contributed by atoms with Gasteiger partial charge in [0.2, 0.25) is 5.88 Å². The van der Waals surface area contributed by atoms with Gasteiger partial charge in [0.25, 0.3) is 0 Å². The van der Waals surface area contributed by atoms with Gasteiger partial charge in [-0.05, 0) is 38.5 Å². The van der Waals surface area contributed by atoms with Crippen molar-refractivity contribution >= 4 is 11.2 Å². The predicted molar refractivity (Wildman–Crippen MR) is 94.2 cm³/mol. The number of aromatic nitrogens is 3. The van der Waals surface area contributed by atoms with Crippen LogP contribution >= 0.6 is 0 Å². The molecule has 1 atom stereocenters. The van der Waals surface area contributed by atoms with Crippen molar-refractivity contribution in [1.82, 2.24) is 19.9 Å². The Morgan fingerprint density at radius 2 is 2.25 bits per heavy atom. The second-order valence-corrected chi connectivity index (χ2v) is 5.74. The molecule has 0 fully saturated rings. The summed E-state index contributed by atoms with van der Waals surface area (Å²) in [4.78, 5) is 4.63. The molecule has 0 saturated carbocycles. The van der Waals surface area contributed by atoms with Gasteiger partial charge in [-0.25, -0.2) is 4.52 Å². The fourth-order valence-electron chi connectivity index (χ4n) is 2.67. The normalized spacial score (nSPS) is 20.6. The van der Waals surface area contributed by atoms with Crippen LogP contribution in [0.3, 0.4) is 0 Å². The van der Waals surface area contributed by atoms with E-state index in [1.165, 1.54) is 0 Å². The van der Waals surface area contributed by atoms with E-state index < -0.39 is 0 Å². The highest BCUT2D eigenvalue weighted by Gasteiger charge is 2.12. The Balaban J connectivity index is 2.01. The lowest BCUT2D eigenvalue weighted by atomic mass is 10.1. The van der Waals surface area contributed by atoms with Gasteiger partial charge in [0, 0.05) is 24.4 Å². The number of fused-ring (bicyclic) bond motifs is 1. The second kappa shape index (κ2) is 8.08. The van der Waals surface area contributed by atoms with Crippen molar-refractivity contribution in [2.75, 3.05) is 26.3 Å². The van der Waals surface area contributed by atoms with Crippen molar-refractivity contribution in [3.05, 3.63) is 42.3 Å². The molecule has 1 aliphatic heterocycles. The van der Waals surface area contributed by atoms with E-state index in [0.29, 0.717) is 19.1 Å². The lowest BCUT2D eigenvalue weighted by Gasteiger charge is -2.11. The highest BCUT2D eigenvalue weighted by atomic mass is 16.5. The third-order valence-corrected chi connectivity index (χ3v) is 3.82. The van der Waals surface area contributed by atoms with E-state index in [1.807, 2.05) is 31.5 Å². The highest BCUT2D eigenvalue weighted by molar-refractivity contribution is 5.82. The first-order valence-electron chi connectivity index (χ1n) is 8.42. The highest BCUT2D eigenvalue weighted by Crippen LogP contribution is 2.23. The Morgan fingerprint density at radius 3 is 3.12 bits per heavy atom. The van der Waals surface area contributed by atoms with Crippen molar-refractivity contribution in [3.8, 4) is 5.88 Å². The zero-order chi connectivity index (χ0) is 16.8. The van der Waals surface area contributed by atoms with Gasteiger partial charge < -0.3 is 14.8 Å². The SMILES string of the molecule is C/C=C\C1=CC(C)OCCNCCCOc2ccn3ncc1c3n2. The number of hydrogen-bond donors (Lipinski definition) is 1. The van der Waals surface area contributed by atoms with Crippen molar-refractivity contribution in [1.29, 1.82) is 0 Å². The summed E-state index contributed by atoms with van der Waals surface area (Å²) in [5.41, 5.74) is 2.81. The first-order chi connectivity index (χ1) is 11.8. The number of rotatable bonds is 1. The molecule has 2 aromatic heterocycles. The van der Waals surface area contributed by atoms with Crippen LogP contribution in [0.5, 0.6) is 5.88 Å². The molecule has 1 aliphatic rings. The molecule has 3 rings (SSSR count). The van der Waals surface area contributed by atoms with Gasteiger partial charge in [-0.15, -0.1) is 0 Å². The first kappa shape index (κ1) is 16.7. The number of nitrogens with one attached hydrogen (secondary N) is 1. The maximum Gasteiger partial charge on any atom is 0.216 e. The number of ether oxygens (including phenoxy) is 2. The van der Waals surface area contributed by atoms with Crippen molar-refractivity contribution in [2.24, 2.45) is 0 Å². The Labute approximate surface area is 142 Å². The van der Waals surface area contributed by atoms with Crippen LogP contribution in [-0.4, -0.2) is 47.0 Å². The molecule has 2 bridgehead atoms. The quantitative estimate of drug-likeness (QED) is 0.871. The minimum Gasteiger partial charge on any atom is -0.478 e. The number of hydrogen-bond acceptors (Lipinski definition) is 5. The van der Waals surface area contributed by atoms with Gasteiger partial charge in [0.05, 0.1) is 25.5 Å². The monoisotopic (exact) mass is 328 g/mol. The molecule has 128 valence electrons. The minimum absolute atomic E-state index is 0.0116. The summed E-state index contributed by atoms with van der Waals surface area (Å²) < 4.78 is 13.4. The van der Waals surface area contributed by atoms with Crippen molar-refractivity contribution in [2.45, 2.75) is 26.4 Å². The van der Waals surface area contributed by atoms with Crippen LogP contribution in [0.15, 0.2) is 36.7 Å². The molecule has 6 heteroatoms. The number of allylic oxidation sites excluding steroid dienone is 3. The lowest BCUT2D eigenvalue weighted by Crippen LogP contribution is -2.23. The van der Waals surface area contributed by atoms with E-state index in [2.05, 4.69) is 34.5 Å². The summed E-state index contributed by atoms with van der Waals surface area (Å²) in [6.45, 7) is 7.10. The van der Waals surface area contributed by atoms with Crippen LogP contribution in [0.2, 0.25) is 0 Å². The molecule has 0 radical (unpaired) electrons. The molecule has 0 aliphatic carbocycles. The molecule has 0 saturated heterocycles. The zero-order valence-electron chi connectivity index (χ0n) is 14.2. The molecule has 3 heterocycles. The van der Waals surface area contributed by atoms with E-state index in [-0.39, 0.29) is 6.10 Å². The molecule has 24 heavy (non-hydrogen) atoms. The van der Waals surface area contributed by atoms with Gasteiger partial charge in [-0.3, -0.25) is 0 Å². The molecule has 1 N–H and O–H groups in total. The Morgan fingerprint density at radius 1 is 1.33 bits per heavy atom. The average Bonchev–Trinajstić information content (AvgIpc) is 2.99. The van der Waals surface area contributed by atoms with Crippen LogP contribution in [0.4, 0.5) is 0 Å². The van der Waals surface area contributed by atoms with Crippen molar-refractivity contribution < 1.29 is 9.47 Å². The Hall–Kier alpha value is -2.18. The van der Waals surface area contributed by atoms with E-state index >= 15 is 0 Å². The van der Waals surface area contributed by atoms with E-state index in [1.54, 1.807) is 4.52 Å². The van der Waals surface area contributed by atoms with Crippen molar-refractivity contribution in [3.63, 3.8) is 0 Å². The van der Waals surface area contributed by atoms with Crippen LogP contribution in [0, 0.1) is 0 Å². The Kier molecular flexibility index (Phi) is 5.61. The van der Waals surface area contributed by atoms with E-state index in [4.69, 9.17) is 9.47 Å². The third kappa shape index (κ3) is 4.01. The molecule has 0 aromatic carbocycles. The standard InChI is InChI=1S/C18H24N4O2/c1-3-5-15-12-14(2)23-11-8-19-7-4-10-24-17-6-9-22-18(21-17)16(15)13-20-22/h3,5-6,9,12-14,19H,4,7-8,10-11H2,1-2H3/b5-3-,15-12?. The predicted octanol–water partition coefficient (Wildman–Crippen LogP) is 2.47. The first-order valence-corrected chi connectivity index (χ1v) is 8.42. The van der Waals surface area contributed by atoms with Gasteiger partial charge >= 0.3 is 0 Å². The summed E-state index contributed by atoms with van der Waals surface area (Å²) in [7, 11) is 0. The molecule has 2 aromatic rings. The fourth-order valence-corrected chi connectivity index (χ4v) is 2.67. The van der Waals surface area contributed by atoms with Gasteiger partial charge in [-0.2, -0.15) is 10.1 Å². The minimum atomic E-state index is 0.0116. The largest absolute Gasteiger partial charge is 0.478 e. The maximum absolute atomic E-state index is 5.87. The van der Waals surface area contributed by atoms with Crippen LogP contribution in [0.1, 0.15) is 25.8 Å². The van der Waals surface area contributed by atoms with Gasteiger partial charge in [-0.1, -0.05) is 12.2 Å². The van der Waals surface area contributed by atoms with E-state index in [0.717, 1.165) is 36.3 Å². The third-order valence-electron chi connectivity index (χ3n) is 3.82. The van der Waals surface area contributed by atoms with Crippen LogP contribution in [-0.2, 0) is 4.74 Å². The molecular weight excluding hydrogens is 304 g/mol. The molecule has 0 spiro atoms. The number of nitrogens with zero attached hydrogens (tertiary/aromatic N) is 3. The Bertz CT molecular complexity index is 736. The molecule has 6 nitrogen and oxygen atoms in total. The van der Waals surface area contributed by atoms with Crippen LogP contribution in [0.25, 0.3) is 11.2 Å². The zero-order valence-corrected chi connectivity index (χ0v) is 14.2. The summed E-state index contributed by atoms with van der Waals surface area (Å²) in [5.74, 6) is 0.628. The second-order valence-electron chi connectivity index (χ2n) is 5.74. The lowest BCUT2D eigenvalue weighted by molar-refractivity contribution is 0.0996. The van der Waals surface area contributed by atoms with Gasteiger partial charge in [0.15, 0.2) is 5.65 Å². The summed E-state index contributed by atoms with van der Waals surface area (Å²) in [6.07, 6.45) is 10.8. The summed E-state index contributed by atoms with van der Waals surface area (Å²) in [5, 5.41) is 7.75. The smallest absolute Gasteiger partial charge is 0.216 e. The maximum atomic E-state index is 5.87. The topological polar surface area (TPSA) is 60.7 Å². The van der Waals surface area contributed by atoms with E-state index in [9.17, 15) is 0 Å². The average molecular weight is 328 g/mol. The summed E-state index contributed by atoms with van der Waals surface area (Å²) in [6, 6.07) is 1.85. The van der Waals surface area contributed by atoms with Crippen LogP contribution < -0.4 is 10.1 Å². The molecule has 0 amide bonds. The summed E-state index contributed by atoms with van der Waals surface area (Å²) >= 11 is 0. The van der Waals surface area contributed by atoms with Gasteiger partial charge in [0.1, 0.15) is 0 Å².